The van der Waals surface area contributed by atoms with E-state index in [-0.39, 0.29) is 0 Å². The first-order chi connectivity index (χ1) is 9.19. The van der Waals surface area contributed by atoms with Gasteiger partial charge in [-0.25, -0.2) is 0 Å². The Morgan fingerprint density at radius 1 is 1.26 bits per heavy atom. The molecule has 1 aromatic carbocycles. The summed E-state index contributed by atoms with van der Waals surface area (Å²) in [7, 11) is 0. The van der Waals surface area contributed by atoms with Gasteiger partial charge in [-0.05, 0) is 44.3 Å². The van der Waals surface area contributed by atoms with Crippen LogP contribution in [0.1, 0.15) is 18.2 Å². The molecule has 0 fully saturated rings. The van der Waals surface area contributed by atoms with Crippen molar-refractivity contribution in [1.82, 2.24) is 15.1 Å². The van der Waals surface area contributed by atoms with Crippen molar-refractivity contribution in [2.75, 3.05) is 5.32 Å². The van der Waals surface area contributed by atoms with Gasteiger partial charge in [-0.15, -0.1) is 0 Å². The van der Waals surface area contributed by atoms with Gasteiger partial charge in [-0.1, -0.05) is 17.7 Å². The fraction of sp³-hybridized carbons (Fsp3) is 0.286. The molecule has 0 spiro atoms. The molecular formula is C14H18N4S. The van der Waals surface area contributed by atoms with E-state index >= 15 is 0 Å². The molecule has 0 radical (unpaired) electrons. The van der Waals surface area contributed by atoms with Crippen molar-refractivity contribution in [1.29, 1.82) is 0 Å². The van der Waals surface area contributed by atoms with Crippen LogP contribution in [0, 0.1) is 6.92 Å². The fourth-order valence-corrected chi connectivity index (χ4v) is 1.97. The van der Waals surface area contributed by atoms with Gasteiger partial charge in [0, 0.05) is 18.4 Å². The van der Waals surface area contributed by atoms with E-state index in [1.165, 1.54) is 5.56 Å². The molecule has 0 aliphatic carbocycles. The van der Waals surface area contributed by atoms with Gasteiger partial charge in [-0.2, -0.15) is 5.10 Å². The van der Waals surface area contributed by atoms with E-state index in [0.29, 0.717) is 11.7 Å². The van der Waals surface area contributed by atoms with Crippen LogP contribution >= 0.6 is 12.2 Å². The lowest BCUT2D eigenvalue weighted by Gasteiger charge is -2.11. The first-order valence-corrected chi connectivity index (χ1v) is 6.72. The maximum Gasteiger partial charge on any atom is 0.171 e. The van der Waals surface area contributed by atoms with Crippen molar-refractivity contribution < 1.29 is 0 Å². The fourth-order valence-electron chi connectivity index (χ4n) is 1.78. The third kappa shape index (κ3) is 3.79. The van der Waals surface area contributed by atoms with Crippen molar-refractivity contribution in [2.45, 2.75) is 26.9 Å². The zero-order chi connectivity index (χ0) is 13.7. The highest BCUT2D eigenvalue weighted by Gasteiger charge is 2.02. The maximum absolute atomic E-state index is 5.27. The van der Waals surface area contributed by atoms with E-state index in [1.54, 1.807) is 6.20 Å². The molecule has 1 aromatic heterocycles. The van der Waals surface area contributed by atoms with Gasteiger partial charge in [0.25, 0.3) is 0 Å². The SMILES string of the molecule is CCn1nccc1CNC(=S)Nc1ccc(C)cc1. The van der Waals surface area contributed by atoms with E-state index in [9.17, 15) is 0 Å². The molecule has 0 amide bonds. The van der Waals surface area contributed by atoms with Gasteiger partial charge in [0.15, 0.2) is 5.11 Å². The van der Waals surface area contributed by atoms with Crippen molar-refractivity contribution in [3.63, 3.8) is 0 Å². The Labute approximate surface area is 118 Å². The molecular weight excluding hydrogens is 256 g/mol. The summed E-state index contributed by atoms with van der Waals surface area (Å²) in [6.45, 7) is 5.67. The van der Waals surface area contributed by atoms with Gasteiger partial charge < -0.3 is 10.6 Å². The second-order valence-corrected chi connectivity index (χ2v) is 4.72. The first kappa shape index (κ1) is 13.5. The van der Waals surface area contributed by atoms with Gasteiger partial charge in [0.1, 0.15) is 0 Å². The molecule has 0 aliphatic heterocycles. The third-order valence-electron chi connectivity index (χ3n) is 2.84. The third-order valence-corrected chi connectivity index (χ3v) is 3.09. The molecule has 2 N–H and O–H groups in total. The lowest BCUT2D eigenvalue weighted by atomic mass is 10.2. The van der Waals surface area contributed by atoms with Gasteiger partial charge in [0.2, 0.25) is 0 Å². The number of rotatable bonds is 4. The van der Waals surface area contributed by atoms with Crippen LogP contribution < -0.4 is 10.6 Å². The zero-order valence-corrected chi connectivity index (χ0v) is 12.0. The summed E-state index contributed by atoms with van der Waals surface area (Å²) in [5.41, 5.74) is 3.35. The van der Waals surface area contributed by atoms with Crippen LogP contribution in [-0.2, 0) is 13.1 Å². The highest BCUT2D eigenvalue weighted by Crippen LogP contribution is 2.08. The molecule has 0 aliphatic rings. The number of anilines is 1. The Morgan fingerprint density at radius 3 is 2.68 bits per heavy atom. The Kier molecular flexibility index (Phi) is 4.52. The molecule has 2 rings (SSSR count). The lowest BCUT2D eigenvalue weighted by Crippen LogP contribution is -2.28. The van der Waals surface area contributed by atoms with Crippen molar-refractivity contribution in [3.05, 3.63) is 47.8 Å². The molecule has 0 atom stereocenters. The normalized spacial score (nSPS) is 10.2. The highest BCUT2D eigenvalue weighted by molar-refractivity contribution is 7.80. The number of hydrogen-bond donors (Lipinski definition) is 2. The minimum absolute atomic E-state index is 0.618. The van der Waals surface area contributed by atoms with Crippen LogP contribution in [0.4, 0.5) is 5.69 Å². The molecule has 0 bridgehead atoms. The molecule has 0 saturated carbocycles. The van der Waals surface area contributed by atoms with Gasteiger partial charge >= 0.3 is 0 Å². The summed E-state index contributed by atoms with van der Waals surface area (Å²) in [6, 6.07) is 10.1. The van der Waals surface area contributed by atoms with E-state index in [2.05, 4.69) is 41.7 Å². The van der Waals surface area contributed by atoms with Crippen molar-refractivity contribution in [3.8, 4) is 0 Å². The molecule has 0 saturated heterocycles. The predicted octanol–water partition coefficient (Wildman–Crippen LogP) is 2.70. The van der Waals surface area contributed by atoms with Crippen LogP contribution in [-0.4, -0.2) is 14.9 Å². The van der Waals surface area contributed by atoms with Crippen molar-refractivity contribution in [2.24, 2.45) is 0 Å². The minimum atomic E-state index is 0.618. The van der Waals surface area contributed by atoms with Crippen LogP contribution in [0.3, 0.4) is 0 Å². The van der Waals surface area contributed by atoms with Crippen LogP contribution in [0.15, 0.2) is 36.5 Å². The molecule has 19 heavy (non-hydrogen) atoms. The molecule has 100 valence electrons. The lowest BCUT2D eigenvalue weighted by molar-refractivity contribution is 0.614. The Balaban J connectivity index is 1.86. The topological polar surface area (TPSA) is 41.9 Å². The molecule has 5 heteroatoms. The second kappa shape index (κ2) is 6.33. The quantitative estimate of drug-likeness (QED) is 0.841. The van der Waals surface area contributed by atoms with Crippen LogP contribution in [0.2, 0.25) is 0 Å². The second-order valence-electron chi connectivity index (χ2n) is 4.31. The summed E-state index contributed by atoms with van der Waals surface area (Å²) in [6.07, 6.45) is 1.80. The summed E-state index contributed by atoms with van der Waals surface area (Å²) in [4.78, 5) is 0. The number of aromatic nitrogens is 2. The molecule has 4 nitrogen and oxygen atoms in total. The maximum atomic E-state index is 5.27. The zero-order valence-electron chi connectivity index (χ0n) is 11.2. The Morgan fingerprint density at radius 2 is 2.00 bits per heavy atom. The van der Waals surface area contributed by atoms with Gasteiger partial charge in [-0.3, -0.25) is 4.68 Å². The average molecular weight is 274 g/mol. The summed E-state index contributed by atoms with van der Waals surface area (Å²) in [5.74, 6) is 0. The minimum Gasteiger partial charge on any atom is -0.357 e. The van der Waals surface area contributed by atoms with Gasteiger partial charge in [0.05, 0.1) is 12.2 Å². The number of nitrogens with one attached hydrogen (secondary N) is 2. The number of hydrogen-bond acceptors (Lipinski definition) is 2. The van der Waals surface area contributed by atoms with Crippen LogP contribution in [0.5, 0.6) is 0 Å². The molecule has 2 aromatic rings. The number of nitrogens with zero attached hydrogens (tertiary/aromatic N) is 2. The van der Waals surface area contributed by atoms with E-state index in [4.69, 9.17) is 12.2 Å². The number of thiocarbonyl (C=S) groups is 1. The van der Waals surface area contributed by atoms with E-state index < -0.39 is 0 Å². The largest absolute Gasteiger partial charge is 0.357 e. The summed E-state index contributed by atoms with van der Waals surface area (Å²) < 4.78 is 1.95. The van der Waals surface area contributed by atoms with Crippen molar-refractivity contribution >= 4 is 23.0 Å². The van der Waals surface area contributed by atoms with E-state index in [1.807, 2.05) is 22.9 Å². The predicted molar refractivity (Wildman–Crippen MR) is 82.1 cm³/mol. The van der Waals surface area contributed by atoms with Crippen LogP contribution in [0.25, 0.3) is 0 Å². The smallest absolute Gasteiger partial charge is 0.171 e. The summed E-state index contributed by atoms with van der Waals surface area (Å²) >= 11 is 5.27. The monoisotopic (exact) mass is 274 g/mol. The summed E-state index contributed by atoms with van der Waals surface area (Å²) in [5, 5.41) is 11.2. The first-order valence-electron chi connectivity index (χ1n) is 6.31. The number of aryl methyl sites for hydroxylation is 2. The average Bonchev–Trinajstić information content (AvgIpc) is 2.86. The number of benzene rings is 1. The molecule has 0 unspecified atom stereocenters. The Hall–Kier alpha value is -1.88. The molecule has 1 heterocycles. The standard InChI is InChI=1S/C14H18N4S/c1-3-18-13(8-9-16-18)10-15-14(19)17-12-6-4-11(2)5-7-12/h4-9H,3,10H2,1-2H3,(H2,15,17,19). The van der Waals surface area contributed by atoms with E-state index in [0.717, 1.165) is 17.9 Å². The Bertz CT molecular complexity index is 545. The highest BCUT2D eigenvalue weighted by atomic mass is 32.1.